The lowest BCUT2D eigenvalue weighted by Crippen LogP contribution is -2.64. The average Bonchev–Trinajstić information content (AvgIpc) is 2.87. The van der Waals surface area contributed by atoms with Gasteiger partial charge in [-0.3, -0.25) is 14.4 Å². The van der Waals surface area contributed by atoms with Crippen molar-refractivity contribution in [2.24, 2.45) is 28.6 Å². The van der Waals surface area contributed by atoms with Crippen LogP contribution in [0.5, 0.6) is 0 Å². The molecule has 0 aromatic rings. The molecule has 0 aromatic heterocycles. The summed E-state index contributed by atoms with van der Waals surface area (Å²) in [5, 5.41) is 0. The van der Waals surface area contributed by atoms with E-state index in [1.807, 2.05) is 6.08 Å². The second kappa shape index (κ2) is 5.37. The maximum absolute atomic E-state index is 13.5. The number of halogens is 1. The molecule has 25 heavy (non-hydrogen) atoms. The number of hydrogen-bond donors (Lipinski definition) is 0. The molecule has 0 saturated heterocycles. The van der Waals surface area contributed by atoms with Gasteiger partial charge in [0.05, 0.1) is 4.32 Å². The van der Waals surface area contributed by atoms with Crippen LogP contribution in [0.2, 0.25) is 0 Å². The van der Waals surface area contributed by atoms with Gasteiger partial charge >= 0.3 is 0 Å². The third-order valence-corrected chi connectivity index (χ3v) is 10.2. The van der Waals surface area contributed by atoms with Crippen molar-refractivity contribution in [2.75, 3.05) is 0 Å². The van der Waals surface area contributed by atoms with Gasteiger partial charge in [-0.25, -0.2) is 0 Å². The molecule has 0 N–H and O–H groups in total. The third kappa shape index (κ3) is 2.06. The van der Waals surface area contributed by atoms with Crippen LogP contribution in [0.25, 0.3) is 0 Å². The number of carbonyl (C=O) groups excluding carboxylic acids is 3. The fourth-order valence-corrected chi connectivity index (χ4v) is 8.10. The molecule has 4 heteroatoms. The van der Waals surface area contributed by atoms with Crippen molar-refractivity contribution in [3.63, 3.8) is 0 Å². The number of rotatable bonds is 1. The number of alkyl halides is 1. The molecule has 4 aliphatic rings. The van der Waals surface area contributed by atoms with Crippen molar-refractivity contribution >= 4 is 33.3 Å². The number of allylic oxidation sites excluding steroid dienone is 1. The van der Waals surface area contributed by atoms with E-state index >= 15 is 0 Å². The highest BCUT2D eigenvalue weighted by atomic mass is 79.9. The Balaban J connectivity index is 1.81. The van der Waals surface area contributed by atoms with Crippen LogP contribution in [0.15, 0.2) is 11.6 Å². The molecule has 0 aromatic carbocycles. The molecule has 0 amide bonds. The molecule has 0 spiro atoms. The molecular formula is C21H27BrO3. The van der Waals surface area contributed by atoms with E-state index in [9.17, 15) is 14.4 Å². The summed E-state index contributed by atoms with van der Waals surface area (Å²) in [6.45, 7) is 6.05. The zero-order chi connectivity index (χ0) is 18.2. The summed E-state index contributed by atoms with van der Waals surface area (Å²) in [5.74, 6) is 1.40. The van der Waals surface area contributed by atoms with Crippen LogP contribution in [0.3, 0.4) is 0 Å². The number of fused-ring (bicyclic) bond motifs is 5. The van der Waals surface area contributed by atoms with Gasteiger partial charge in [-0.2, -0.15) is 0 Å². The van der Waals surface area contributed by atoms with Gasteiger partial charge in [-0.1, -0.05) is 35.4 Å². The quantitative estimate of drug-likeness (QED) is 0.605. The predicted molar refractivity (Wildman–Crippen MR) is 99.4 cm³/mol. The first-order valence-corrected chi connectivity index (χ1v) is 10.4. The summed E-state index contributed by atoms with van der Waals surface area (Å²) < 4.78 is -0.569. The van der Waals surface area contributed by atoms with Crippen LogP contribution in [0.1, 0.15) is 65.7 Å². The second-order valence-electron chi connectivity index (χ2n) is 9.28. The van der Waals surface area contributed by atoms with Gasteiger partial charge in [0.25, 0.3) is 0 Å². The van der Waals surface area contributed by atoms with Crippen molar-refractivity contribution in [3.05, 3.63) is 11.6 Å². The summed E-state index contributed by atoms with van der Waals surface area (Å²) in [7, 11) is 0. The smallest absolute Gasteiger partial charge is 0.155 e. The SMILES string of the molecule is CC(=O)[C@H]1CC[C@H]2[C@@H]3CCC4=CC(=O)CC[C@]4(C)[C@@]3(Br)C(=O)C[C@]12C. The first kappa shape index (κ1) is 17.6. The monoisotopic (exact) mass is 406 g/mol. The highest BCUT2D eigenvalue weighted by Gasteiger charge is 2.69. The lowest BCUT2D eigenvalue weighted by molar-refractivity contribution is -0.143. The van der Waals surface area contributed by atoms with Gasteiger partial charge in [0.1, 0.15) is 5.78 Å². The normalized spacial score (nSPS) is 49.1. The molecule has 4 rings (SSSR count). The van der Waals surface area contributed by atoms with Crippen molar-refractivity contribution in [3.8, 4) is 0 Å². The minimum Gasteiger partial charge on any atom is -0.300 e. The summed E-state index contributed by atoms with van der Waals surface area (Å²) in [6.07, 6.45) is 7.40. The van der Waals surface area contributed by atoms with E-state index < -0.39 is 4.32 Å². The van der Waals surface area contributed by atoms with E-state index in [-0.39, 0.29) is 40.0 Å². The molecule has 0 unspecified atom stereocenters. The summed E-state index contributed by atoms with van der Waals surface area (Å²) in [5.41, 5.74) is 0.707. The predicted octanol–water partition coefficient (Wildman–Crippen LogP) is 4.42. The van der Waals surface area contributed by atoms with Gasteiger partial charge in [0.2, 0.25) is 0 Å². The molecule has 3 saturated carbocycles. The Kier molecular flexibility index (Phi) is 3.79. The van der Waals surface area contributed by atoms with E-state index in [2.05, 4.69) is 29.8 Å². The van der Waals surface area contributed by atoms with Gasteiger partial charge in [0, 0.05) is 24.2 Å². The van der Waals surface area contributed by atoms with E-state index in [1.165, 1.54) is 0 Å². The molecular weight excluding hydrogens is 380 g/mol. The zero-order valence-electron chi connectivity index (χ0n) is 15.4. The van der Waals surface area contributed by atoms with Crippen LogP contribution >= 0.6 is 15.9 Å². The third-order valence-electron chi connectivity index (χ3n) is 8.29. The van der Waals surface area contributed by atoms with Gasteiger partial charge in [-0.05, 0) is 62.4 Å². The fraction of sp³-hybridized carbons (Fsp3) is 0.762. The summed E-state index contributed by atoms with van der Waals surface area (Å²) >= 11 is 3.99. The topological polar surface area (TPSA) is 51.2 Å². The molecule has 0 bridgehead atoms. The molecule has 0 heterocycles. The van der Waals surface area contributed by atoms with Crippen molar-refractivity contribution < 1.29 is 14.4 Å². The van der Waals surface area contributed by atoms with Gasteiger partial charge in [0.15, 0.2) is 11.6 Å². The number of ketones is 3. The second-order valence-corrected chi connectivity index (χ2v) is 10.5. The minimum absolute atomic E-state index is 0.0242. The lowest BCUT2D eigenvalue weighted by atomic mass is 9.46. The van der Waals surface area contributed by atoms with Crippen molar-refractivity contribution in [1.29, 1.82) is 0 Å². The number of hydrogen-bond acceptors (Lipinski definition) is 3. The maximum atomic E-state index is 13.5. The van der Waals surface area contributed by atoms with Gasteiger partial charge < -0.3 is 0 Å². The van der Waals surface area contributed by atoms with Crippen molar-refractivity contribution in [2.45, 2.75) is 70.0 Å². The zero-order valence-corrected chi connectivity index (χ0v) is 16.9. The van der Waals surface area contributed by atoms with Crippen LogP contribution in [0.4, 0.5) is 0 Å². The number of Topliss-reactive ketones (excluding diaryl/α,β-unsaturated/α-hetero) is 2. The average molecular weight is 407 g/mol. The van der Waals surface area contributed by atoms with E-state index in [4.69, 9.17) is 0 Å². The molecule has 4 aliphatic carbocycles. The Labute approximate surface area is 158 Å². The van der Waals surface area contributed by atoms with E-state index in [1.54, 1.807) is 6.92 Å². The Morgan fingerprint density at radius 3 is 2.52 bits per heavy atom. The maximum Gasteiger partial charge on any atom is 0.155 e. The standard InChI is InChI=1S/C21H27BrO3/c1-12(23)15-6-7-16-17-5-4-13-10-14(24)8-9-20(13,3)21(17,22)18(25)11-19(15,16)2/h10,15-17H,4-9,11H2,1-3H3/t15-,16+,17+,19-,20+,21+/m1/s1. The highest BCUT2D eigenvalue weighted by Crippen LogP contribution is 2.69. The van der Waals surface area contributed by atoms with E-state index in [0.717, 1.165) is 37.7 Å². The Morgan fingerprint density at radius 2 is 1.84 bits per heavy atom. The minimum atomic E-state index is -0.569. The van der Waals surface area contributed by atoms with Gasteiger partial charge in [-0.15, -0.1) is 0 Å². The summed E-state index contributed by atoms with van der Waals surface area (Å²) in [6, 6.07) is 0. The van der Waals surface area contributed by atoms with Crippen LogP contribution in [0, 0.1) is 28.6 Å². The van der Waals surface area contributed by atoms with Crippen LogP contribution < -0.4 is 0 Å². The largest absolute Gasteiger partial charge is 0.300 e. The molecule has 0 radical (unpaired) electrons. The first-order chi connectivity index (χ1) is 11.6. The Bertz CT molecular complexity index is 710. The highest BCUT2D eigenvalue weighted by molar-refractivity contribution is 9.10. The fourth-order valence-electron chi connectivity index (χ4n) is 6.96. The summed E-state index contributed by atoms with van der Waals surface area (Å²) in [4.78, 5) is 37.7. The molecule has 3 fully saturated rings. The molecule has 6 atom stereocenters. The molecule has 3 nitrogen and oxygen atoms in total. The van der Waals surface area contributed by atoms with Crippen LogP contribution in [-0.2, 0) is 14.4 Å². The lowest BCUT2D eigenvalue weighted by Gasteiger charge is -2.61. The van der Waals surface area contributed by atoms with E-state index in [0.29, 0.717) is 18.8 Å². The number of carbonyl (C=O) groups is 3. The molecule has 136 valence electrons. The Morgan fingerprint density at radius 1 is 1.12 bits per heavy atom. The molecule has 0 aliphatic heterocycles. The van der Waals surface area contributed by atoms with Crippen molar-refractivity contribution in [1.82, 2.24) is 0 Å². The Hall–Kier alpha value is -0.770. The first-order valence-electron chi connectivity index (χ1n) is 9.61. The van der Waals surface area contributed by atoms with Crippen LogP contribution in [-0.4, -0.2) is 21.7 Å².